The van der Waals surface area contributed by atoms with Crippen LogP contribution < -0.4 is 5.32 Å². The molecule has 1 aromatic heterocycles. The Morgan fingerprint density at radius 1 is 1.42 bits per heavy atom. The maximum absolute atomic E-state index is 9.15. The van der Waals surface area contributed by atoms with Gasteiger partial charge in [-0.3, -0.25) is 0 Å². The van der Waals surface area contributed by atoms with Crippen LogP contribution in [0.2, 0.25) is 0 Å². The zero-order chi connectivity index (χ0) is 14.0. The number of aryl methyl sites for hydroxylation is 2. The molecule has 0 radical (unpaired) electrons. The molecule has 0 amide bonds. The molecule has 0 aliphatic carbocycles. The summed E-state index contributed by atoms with van der Waals surface area (Å²) in [6.45, 7) is 5.83. The lowest BCUT2D eigenvalue weighted by atomic mass is 10.1. The van der Waals surface area contributed by atoms with Gasteiger partial charge in [0.05, 0.1) is 23.0 Å². The average Bonchev–Trinajstić information content (AvgIpc) is 2.71. The number of aromatic nitrogens is 1. The van der Waals surface area contributed by atoms with Crippen molar-refractivity contribution in [3.63, 3.8) is 0 Å². The smallest absolute Gasteiger partial charge is 0.139 e. The molecule has 4 nitrogen and oxygen atoms in total. The fourth-order valence-corrected chi connectivity index (χ4v) is 2.51. The minimum Gasteiger partial charge on any atom is -0.377 e. The fourth-order valence-electron chi connectivity index (χ4n) is 2.15. The molecule has 1 N–H and O–H groups in total. The molecule has 0 bridgehead atoms. The molecular weight excluding hydrogens is 306 g/mol. The summed E-state index contributed by atoms with van der Waals surface area (Å²) in [5.74, 6) is 0.799. The second-order valence-electron chi connectivity index (χ2n) is 4.41. The first-order valence-corrected chi connectivity index (χ1v) is 6.71. The number of hydrogen-bond donors (Lipinski definition) is 1. The highest BCUT2D eigenvalue weighted by Gasteiger charge is 2.17. The normalized spacial score (nSPS) is 11.9. The number of halogens is 1. The maximum atomic E-state index is 9.15. The molecule has 0 aliphatic rings. The first kappa shape index (κ1) is 13.6. The van der Waals surface area contributed by atoms with E-state index in [0.717, 1.165) is 27.2 Å². The van der Waals surface area contributed by atoms with Gasteiger partial charge in [0.25, 0.3) is 0 Å². The van der Waals surface area contributed by atoms with Crippen LogP contribution in [0, 0.1) is 25.2 Å². The van der Waals surface area contributed by atoms with E-state index >= 15 is 0 Å². The van der Waals surface area contributed by atoms with Crippen molar-refractivity contribution in [2.45, 2.75) is 26.8 Å². The minimum absolute atomic E-state index is 0.0273. The van der Waals surface area contributed by atoms with Gasteiger partial charge in [0.15, 0.2) is 0 Å². The van der Waals surface area contributed by atoms with Crippen molar-refractivity contribution in [1.82, 2.24) is 5.16 Å². The molecule has 1 atom stereocenters. The Hall–Kier alpha value is -1.80. The lowest BCUT2D eigenvalue weighted by molar-refractivity contribution is 0.392. The Morgan fingerprint density at radius 2 is 2.16 bits per heavy atom. The van der Waals surface area contributed by atoms with Crippen LogP contribution in [0.4, 0.5) is 5.69 Å². The summed E-state index contributed by atoms with van der Waals surface area (Å²) >= 11 is 3.36. The van der Waals surface area contributed by atoms with Gasteiger partial charge in [0.2, 0.25) is 0 Å². The highest BCUT2D eigenvalue weighted by molar-refractivity contribution is 9.10. The monoisotopic (exact) mass is 319 g/mol. The summed E-state index contributed by atoms with van der Waals surface area (Å²) in [5.41, 5.74) is 3.31. The Morgan fingerprint density at radius 3 is 2.74 bits per heavy atom. The van der Waals surface area contributed by atoms with Gasteiger partial charge >= 0.3 is 0 Å². The van der Waals surface area contributed by atoms with Gasteiger partial charge in [-0.2, -0.15) is 5.26 Å². The summed E-state index contributed by atoms with van der Waals surface area (Å²) in [7, 11) is 0. The number of nitriles is 1. The van der Waals surface area contributed by atoms with E-state index in [1.165, 1.54) is 0 Å². The zero-order valence-corrected chi connectivity index (χ0v) is 12.6. The summed E-state index contributed by atoms with van der Waals surface area (Å²) in [5, 5.41) is 16.4. The first-order chi connectivity index (χ1) is 9.02. The van der Waals surface area contributed by atoms with Crippen LogP contribution in [0.25, 0.3) is 0 Å². The minimum atomic E-state index is 0.0273. The Kier molecular flexibility index (Phi) is 3.91. The van der Waals surface area contributed by atoms with Crippen LogP contribution in [0.5, 0.6) is 0 Å². The molecule has 1 heterocycles. The number of nitrogens with zero attached hydrogens (tertiary/aromatic N) is 2. The molecule has 0 saturated carbocycles. The van der Waals surface area contributed by atoms with Crippen LogP contribution in [-0.4, -0.2) is 5.16 Å². The second kappa shape index (κ2) is 5.45. The molecule has 0 fully saturated rings. The van der Waals surface area contributed by atoms with E-state index in [1.807, 2.05) is 32.9 Å². The average molecular weight is 320 g/mol. The zero-order valence-electron chi connectivity index (χ0n) is 11.0. The van der Waals surface area contributed by atoms with Crippen LogP contribution in [-0.2, 0) is 0 Å². The van der Waals surface area contributed by atoms with Crippen molar-refractivity contribution in [2.75, 3.05) is 5.32 Å². The van der Waals surface area contributed by atoms with Gasteiger partial charge in [-0.05, 0) is 39.0 Å². The van der Waals surface area contributed by atoms with E-state index in [-0.39, 0.29) is 6.04 Å². The predicted molar refractivity (Wildman–Crippen MR) is 76.9 cm³/mol. The van der Waals surface area contributed by atoms with E-state index in [4.69, 9.17) is 9.78 Å². The highest BCUT2D eigenvalue weighted by atomic mass is 79.9. The topological polar surface area (TPSA) is 61.9 Å². The third kappa shape index (κ3) is 2.79. The molecule has 98 valence electrons. The summed E-state index contributed by atoms with van der Waals surface area (Å²) in [6.07, 6.45) is 0. The second-order valence-corrected chi connectivity index (χ2v) is 5.32. The summed E-state index contributed by atoms with van der Waals surface area (Å²) in [6, 6.07) is 7.80. The third-order valence-corrected chi connectivity index (χ3v) is 3.49. The van der Waals surface area contributed by atoms with E-state index in [2.05, 4.69) is 32.5 Å². The van der Waals surface area contributed by atoms with Crippen LogP contribution in [0.3, 0.4) is 0 Å². The van der Waals surface area contributed by atoms with Gasteiger partial charge in [-0.25, -0.2) is 0 Å². The van der Waals surface area contributed by atoms with Gasteiger partial charge in [0, 0.05) is 10.0 Å². The lowest BCUT2D eigenvalue weighted by Crippen LogP contribution is -2.09. The Labute approximate surface area is 120 Å². The van der Waals surface area contributed by atoms with Crippen LogP contribution in [0.1, 0.15) is 35.5 Å². The fraction of sp³-hybridized carbons (Fsp3) is 0.286. The molecule has 2 aromatic rings. The highest BCUT2D eigenvalue weighted by Crippen LogP contribution is 2.27. The summed E-state index contributed by atoms with van der Waals surface area (Å²) < 4.78 is 6.06. The van der Waals surface area contributed by atoms with Gasteiger partial charge in [0.1, 0.15) is 11.8 Å². The van der Waals surface area contributed by atoms with Crippen LogP contribution >= 0.6 is 15.9 Å². The van der Waals surface area contributed by atoms with Gasteiger partial charge < -0.3 is 9.84 Å². The van der Waals surface area contributed by atoms with Crippen molar-refractivity contribution in [2.24, 2.45) is 0 Å². The maximum Gasteiger partial charge on any atom is 0.139 e. The molecule has 19 heavy (non-hydrogen) atoms. The van der Waals surface area contributed by atoms with Crippen LogP contribution in [0.15, 0.2) is 27.2 Å². The number of benzene rings is 1. The van der Waals surface area contributed by atoms with Crippen molar-refractivity contribution in [3.05, 3.63) is 45.3 Å². The van der Waals surface area contributed by atoms with E-state index in [0.29, 0.717) is 5.56 Å². The number of nitrogens with one attached hydrogen (secondary N) is 1. The molecule has 0 aliphatic heterocycles. The quantitative estimate of drug-likeness (QED) is 0.925. The number of hydrogen-bond acceptors (Lipinski definition) is 4. The van der Waals surface area contributed by atoms with Crippen molar-refractivity contribution in [3.8, 4) is 6.07 Å². The summed E-state index contributed by atoms with van der Waals surface area (Å²) in [4.78, 5) is 0. The molecule has 0 saturated heterocycles. The predicted octanol–water partition coefficient (Wildman–Crippen LogP) is 4.10. The van der Waals surface area contributed by atoms with Gasteiger partial charge in [-0.15, -0.1) is 0 Å². The SMILES string of the molecule is Cc1noc(C)c1C(C)Nc1ccc(Br)cc1C#N. The Bertz CT molecular complexity index is 623. The third-order valence-electron chi connectivity index (χ3n) is 3.00. The van der Waals surface area contributed by atoms with E-state index < -0.39 is 0 Å². The standard InChI is InChI=1S/C14H14BrN3O/c1-8(14-9(2)18-19-10(14)3)17-13-5-4-12(15)6-11(13)7-16/h4-6,8,17H,1-3H3. The van der Waals surface area contributed by atoms with Crippen molar-refractivity contribution >= 4 is 21.6 Å². The number of rotatable bonds is 3. The molecular formula is C14H14BrN3O. The van der Waals surface area contributed by atoms with Crippen molar-refractivity contribution in [1.29, 1.82) is 5.26 Å². The molecule has 2 rings (SSSR count). The number of anilines is 1. The molecule has 5 heteroatoms. The van der Waals surface area contributed by atoms with E-state index in [9.17, 15) is 0 Å². The van der Waals surface area contributed by atoms with Gasteiger partial charge in [-0.1, -0.05) is 21.1 Å². The molecule has 1 aromatic carbocycles. The Balaban J connectivity index is 2.30. The van der Waals surface area contributed by atoms with E-state index in [1.54, 1.807) is 6.07 Å². The first-order valence-electron chi connectivity index (χ1n) is 5.92. The molecule has 0 spiro atoms. The molecule has 1 unspecified atom stereocenters. The van der Waals surface area contributed by atoms with Crippen molar-refractivity contribution < 1.29 is 4.52 Å². The largest absolute Gasteiger partial charge is 0.377 e. The lowest BCUT2D eigenvalue weighted by Gasteiger charge is -2.16.